The Balaban J connectivity index is 1.94. The number of aromatic nitrogens is 3. The summed E-state index contributed by atoms with van der Waals surface area (Å²) in [7, 11) is 0. The van der Waals surface area contributed by atoms with Crippen LogP contribution in [-0.2, 0) is 11.3 Å². The molecule has 106 valence electrons. The summed E-state index contributed by atoms with van der Waals surface area (Å²) in [6.45, 7) is 4.15. The van der Waals surface area contributed by atoms with E-state index < -0.39 is 0 Å². The van der Waals surface area contributed by atoms with Crippen molar-refractivity contribution in [1.82, 2.24) is 14.8 Å². The monoisotopic (exact) mass is 293 g/mol. The SMILES string of the molecule is Cc1nc(C)n(CCC(=O)Nc2ccc(N)cc2Cl)n1. The van der Waals surface area contributed by atoms with Gasteiger partial charge in [0.1, 0.15) is 11.6 Å². The molecule has 0 bridgehead atoms. The van der Waals surface area contributed by atoms with Gasteiger partial charge in [-0.3, -0.25) is 4.79 Å². The minimum Gasteiger partial charge on any atom is -0.399 e. The zero-order chi connectivity index (χ0) is 14.7. The lowest BCUT2D eigenvalue weighted by Gasteiger charge is -2.08. The van der Waals surface area contributed by atoms with Crippen LogP contribution < -0.4 is 11.1 Å². The third-order valence-electron chi connectivity index (χ3n) is 2.78. The van der Waals surface area contributed by atoms with Gasteiger partial charge in [0.2, 0.25) is 5.91 Å². The number of hydrogen-bond acceptors (Lipinski definition) is 4. The Labute approximate surface area is 121 Å². The average molecular weight is 294 g/mol. The molecule has 0 unspecified atom stereocenters. The van der Waals surface area contributed by atoms with Crippen molar-refractivity contribution in [3.8, 4) is 0 Å². The van der Waals surface area contributed by atoms with Gasteiger partial charge in [-0.1, -0.05) is 11.6 Å². The molecule has 0 saturated carbocycles. The predicted octanol–water partition coefficient (Wildman–Crippen LogP) is 2.16. The summed E-state index contributed by atoms with van der Waals surface area (Å²) in [5.41, 5.74) is 6.71. The van der Waals surface area contributed by atoms with Crippen LogP contribution in [0.1, 0.15) is 18.1 Å². The molecule has 0 aliphatic carbocycles. The Bertz CT molecular complexity index is 638. The number of rotatable bonds is 4. The fourth-order valence-corrected chi connectivity index (χ4v) is 2.06. The minimum absolute atomic E-state index is 0.135. The molecule has 20 heavy (non-hydrogen) atoms. The van der Waals surface area contributed by atoms with Crippen LogP contribution in [0, 0.1) is 13.8 Å². The highest BCUT2D eigenvalue weighted by Gasteiger charge is 2.08. The zero-order valence-electron chi connectivity index (χ0n) is 11.4. The number of nitrogens with zero attached hydrogens (tertiary/aromatic N) is 3. The molecule has 7 heteroatoms. The molecule has 3 N–H and O–H groups in total. The second-order valence-electron chi connectivity index (χ2n) is 4.47. The molecule has 0 spiro atoms. The van der Waals surface area contributed by atoms with Crippen LogP contribution in [0.3, 0.4) is 0 Å². The number of nitrogen functional groups attached to an aromatic ring is 1. The first-order valence-corrected chi connectivity index (χ1v) is 6.56. The fourth-order valence-electron chi connectivity index (χ4n) is 1.83. The highest BCUT2D eigenvalue weighted by Crippen LogP contribution is 2.24. The van der Waals surface area contributed by atoms with Crippen molar-refractivity contribution in [3.63, 3.8) is 0 Å². The normalized spacial score (nSPS) is 10.6. The molecule has 0 atom stereocenters. The summed E-state index contributed by atoms with van der Waals surface area (Å²) in [6.07, 6.45) is 0.296. The number of amides is 1. The number of anilines is 2. The van der Waals surface area contributed by atoms with Crippen LogP contribution in [0.2, 0.25) is 5.02 Å². The first-order chi connectivity index (χ1) is 9.45. The van der Waals surface area contributed by atoms with Gasteiger partial charge in [-0.25, -0.2) is 9.67 Å². The second kappa shape index (κ2) is 5.92. The van der Waals surface area contributed by atoms with Gasteiger partial charge in [0.15, 0.2) is 0 Å². The fraction of sp³-hybridized carbons (Fsp3) is 0.308. The Morgan fingerprint density at radius 3 is 2.80 bits per heavy atom. The summed E-state index contributed by atoms with van der Waals surface area (Å²) in [5.74, 6) is 1.36. The number of aryl methyl sites for hydroxylation is 3. The van der Waals surface area contributed by atoms with Crippen molar-refractivity contribution in [2.24, 2.45) is 0 Å². The molecule has 1 amide bonds. The number of nitrogens with two attached hydrogens (primary N) is 1. The maximum absolute atomic E-state index is 11.9. The number of carbonyl (C=O) groups is 1. The summed E-state index contributed by atoms with van der Waals surface area (Å²) < 4.78 is 1.71. The van der Waals surface area contributed by atoms with Crippen LogP contribution >= 0.6 is 11.6 Å². The van der Waals surface area contributed by atoms with E-state index in [-0.39, 0.29) is 5.91 Å². The summed E-state index contributed by atoms with van der Waals surface area (Å²) in [6, 6.07) is 4.97. The molecular weight excluding hydrogens is 278 g/mol. The van der Waals surface area contributed by atoms with Gasteiger partial charge in [0.25, 0.3) is 0 Å². The Morgan fingerprint density at radius 1 is 1.45 bits per heavy atom. The molecular formula is C13H16ClN5O. The van der Waals surface area contributed by atoms with E-state index in [2.05, 4.69) is 15.4 Å². The van der Waals surface area contributed by atoms with E-state index in [0.717, 1.165) is 5.82 Å². The molecule has 0 radical (unpaired) electrons. The van der Waals surface area contributed by atoms with Crippen molar-refractivity contribution in [2.75, 3.05) is 11.1 Å². The van der Waals surface area contributed by atoms with Crippen LogP contribution in [0.25, 0.3) is 0 Å². The lowest BCUT2D eigenvalue weighted by molar-refractivity contribution is -0.116. The first-order valence-electron chi connectivity index (χ1n) is 6.18. The Morgan fingerprint density at radius 2 is 2.20 bits per heavy atom. The van der Waals surface area contributed by atoms with Crippen LogP contribution in [0.15, 0.2) is 18.2 Å². The number of carbonyl (C=O) groups excluding carboxylic acids is 1. The molecule has 0 fully saturated rings. The van der Waals surface area contributed by atoms with Gasteiger partial charge in [0, 0.05) is 12.1 Å². The smallest absolute Gasteiger partial charge is 0.226 e. The van der Waals surface area contributed by atoms with Gasteiger partial charge < -0.3 is 11.1 Å². The van der Waals surface area contributed by atoms with Gasteiger partial charge in [-0.05, 0) is 32.0 Å². The first kappa shape index (κ1) is 14.3. The third kappa shape index (κ3) is 3.48. The Hall–Kier alpha value is -2.08. The van der Waals surface area contributed by atoms with Crippen molar-refractivity contribution >= 4 is 28.9 Å². The lowest BCUT2D eigenvalue weighted by Crippen LogP contribution is -2.16. The number of nitrogens with one attached hydrogen (secondary N) is 1. The summed E-state index contributed by atoms with van der Waals surface area (Å²) in [5, 5.41) is 7.37. The number of benzene rings is 1. The molecule has 6 nitrogen and oxygen atoms in total. The van der Waals surface area contributed by atoms with E-state index in [1.54, 1.807) is 22.9 Å². The summed E-state index contributed by atoms with van der Waals surface area (Å²) >= 11 is 6.00. The molecule has 1 aromatic heterocycles. The lowest BCUT2D eigenvalue weighted by atomic mass is 10.2. The van der Waals surface area contributed by atoms with Crippen LogP contribution in [0.5, 0.6) is 0 Å². The molecule has 0 aliphatic heterocycles. The largest absolute Gasteiger partial charge is 0.399 e. The molecule has 1 aromatic carbocycles. The highest BCUT2D eigenvalue weighted by atomic mass is 35.5. The maximum Gasteiger partial charge on any atom is 0.226 e. The average Bonchev–Trinajstić information content (AvgIpc) is 2.69. The van der Waals surface area contributed by atoms with Gasteiger partial charge in [-0.15, -0.1) is 0 Å². The highest BCUT2D eigenvalue weighted by molar-refractivity contribution is 6.34. The quantitative estimate of drug-likeness (QED) is 0.846. The van der Waals surface area contributed by atoms with Crippen molar-refractivity contribution < 1.29 is 4.79 Å². The van der Waals surface area contributed by atoms with Gasteiger partial charge in [-0.2, -0.15) is 5.10 Å². The maximum atomic E-state index is 11.9. The van der Waals surface area contributed by atoms with E-state index in [9.17, 15) is 4.79 Å². The van der Waals surface area contributed by atoms with E-state index >= 15 is 0 Å². The van der Waals surface area contributed by atoms with Gasteiger partial charge in [0.05, 0.1) is 17.3 Å². The van der Waals surface area contributed by atoms with Crippen LogP contribution in [-0.4, -0.2) is 20.7 Å². The Kier molecular flexibility index (Phi) is 4.24. The topological polar surface area (TPSA) is 85.8 Å². The second-order valence-corrected chi connectivity index (χ2v) is 4.87. The van der Waals surface area contributed by atoms with E-state index in [0.29, 0.717) is 35.2 Å². The molecule has 2 aromatic rings. The standard InChI is InChI=1S/C13H16ClN5O/c1-8-16-9(2)19(18-8)6-5-13(20)17-12-4-3-10(15)7-11(12)14/h3-4,7H,5-6,15H2,1-2H3,(H,17,20). The molecule has 2 rings (SSSR count). The van der Waals surface area contributed by atoms with Crippen molar-refractivity contribution in [3.05, 3.63) is 34.9 Å². The minimum atomic E-state index is -0.135. The van der Waals surface area contributed by atoms with Crippen molar-refractivity contribution in [2.45, 2.75) is 26.8 Å². The molecule has 1 heterocycles. The van der Waals surface area contributed by atoms with E-state index in [1.165, 1.54) is 0 Å². The number of hydrogen-bond donors (Lipinski definition) is 2. The third-order valence-corrected chi connectivity index (χ3v) is 3.09. The van der Waals surface area contributed by atoms with Gasteiger partial charge >= 0.3 is 0 Å². The van der Waals surface area contributed by atoms with Crippen LogP contribution in [0.4, 0.5) is 11.4 Å². The number of halogens is 1. The van der Waals surface area contributed by atoms with E-state index in [1.807, 2.05) is 13.8 Å². The molecule has 0 aliphatic rings. The zero-order valence-corrected chi connectivity index (χ0v) is 12.1. The molecule has 0 saturated heterocycles. The predicted molar refractivity (Wildman–Crippen MR) is 78.6 cm³/mol. The van der Waals surface area contributed by atoms with Crippen molar-refractivity contribution in [1.29, 1.82) is 0 Å². The summed E-state index contributed by atoms with van der Waals surface area (Å²) in [4.78, 5) is 16.1. The van der Waals surface area contributed by atoms with E-state index in [4.69, 9.17) is 17.3 Å².